The predicted molar refractivity (Wildman–Crippen MR) is 113 cm³/mol. The molecule has 25 heavy (non-hydrogen) atoms. The number of hydrogen-bond acceptors (Lipinski definition) is 3. The summed E-state index contributed by atoms with van der Waals surface area (Å²) < 4.78 is 7.18. The fourth-order valence-corrected chi connectivity index (χ4v) is 2.54. The summed E-state index contributed by atoms with van der Waals surface area (Å²) in [5.41, 5.74) is 2.13. The summed E-state index contributed by atoms with van der Waals surface area (Å²) in [6.07, 6.45) is 3.87. The van der Waals surface area contributed by atoms with Crippen molar-refractivity contribution in [3.63, 3.8) is 0 Å². The molecule has 0 aliphatic carbocycles. The van der Waals surface area contributed by atoms with Crippen molar-refractivity contribution in [1.82, 2.24) is 20.0 Å². The van der Waals surface area contributed by atoms with E-state index in [2.05, 4.69) is 22.2 Å². The van der Waals surface area contributed by atoms with Crippen LogP contribution in [0.2, 0.25) is 5.02 Å². The highest BCUT2D eigenvalue weighted by Gasteiger charge is 2.09. The molecular formula is C17H25ClIN5O. The number of ether oxygens (including phenoxy) is 1. The van der Waals surface area contributed by atoms with Crippen molar-refractivity contribution < 1.29 is 4.74 Å². The van der Waals surface area contributed by atoms with Crippen LogP contribution in [0.3, 0.4) is 0 Å². The highest BCUT2D eigenvalue weighted by Crippen LogP contribution is 2.23. The van der Waals surface area contributed by atoms with E-state index in [1.807, 2.05) is 38.6 Å². The number of halogens is 2. The number of methoxy groups -OCH3 is 1. The quantitative estimate of drug-likeness (QED) is 0.394. The zero-order chi connectivity index (χ0) is 17.5. The zero-order valence-corrected chi connectivity index (χ0v) is 18.1. The Morgan fingerprint density at radius 3 is 2.80 bits per heavy atom. The summed E-state index contributed by atoms with van der Waals surface area (Å²) >= 11 is 6.01. The Labute approximate surface area is 171 Å². The molecule has 0 amide bonds. The van der Waals surface area contributed by atoms with Gasteiger partial charge in [0.15, 0.2) is 5.96 Å². The lowest BCUT2D eigenvalue weighted by Crippen LogP contribution is -2.38. The van der Waals surface area contributed by atoms with Gasteiger partial charge in [-0.3, -0.25) is 4.68 Å². The summed E-state index contributed by atoms with van der Waals surface area (Å²) in [5.74, 6) is 1.58. The van der Waals surface area contributed by atoms with Crippen LogP contribution in [0.5, 0.6) is 5.75 Å². The molecule has 1 aromatic carbocycles. The number of aromatic nitrogens is 2. The monoisotopic (exact) mass is 477 g/mol. The number of nitrogens with one attached hydrogen (secondary N) is 1. The van der Waals surface area contributed by atoms with E-state index in [4.69, 9.17) is 21.3 Å². The molecule has 0 aliphatic heterocycles. The molecule has 2 aromatic rings. The molecule has 0 radical (unpaired) electrons. The van der Waals surface area contributed by atoms with Gasteiger partial charge in [0.25, 0.3) is 0 Å². The second kappa shape index (κ2) is 10.5. The standard InChI is InChI=1S/C17H24ClN5O.HI/c1-5-19-17(22(2)11-13-9-21-23(3)12-13)20-10-14-6-7-15(18)8-16(14)24-4;/h6-9,12H,5,10-11H2,1-4H3,(H,19,20);1H. The third kappa shape index (κ3) is 6.39. The number of hydrogen-bond donors (Lipinski definition) is 1. The van der Waals surface area contributed by atoms with Crippen molar-refractivity contribution in [3.05, 3.63) is 46.7 Å². The minimum Gasteiger partial charge on any atom is -0.496 e. The molecule has 1 aromatic heterocycles. The molecule has 1 N–H and O–H groups in total. The van der Waals surface area contributed by atoms with Crippen LogP contribution in [-0.2, 0) is 20.1 Å². The molecule has 0 unspecified atom stereocenters. The summed E-state index contributed by atoms with van der Waals surface area (Å²) in [4.78, 5) is 6.78. The first-order chi connectivity index (χ1) is 11.5. The number of aryl methyl sites for hydroxylation is 1. The molecule has 0 saturated heterocycles. The van der Waals surface area contributed by atoms with Crippen LogP contribution in [0.25, 0.3) is 0 Å². The third-order valence-electron chi connectivity index (χ3n) is 3.52. The Morgan fingerprint density at radius 1 is 1.44 bits per heavy atom. The van der Waals surface area contributed by atoms with Crippen LogP contribution < -0.4 is 10.1 Å². The zero-order valence-electron chi connectivity index (χ0n) is 15.0. The number of rotatable bonds is 6. The van der Waals surface area contributed by atoms with Crippen molar-refractivity contribution in [1.29, 1.82) is 0 Å². The Hall–Kier alpha value is -1.48. The van der Waals surface area contributed by atoms with Crippen molar-refractivity contribution >= 4 is 41.5 Å². The van der Waals surface area contributed by atoms with Gasteiger partial charge in [0, 0.05) is 49.5 Å². The molecule has 0 atom stereocenters. The summed E-state index contributed by atoms with van der Waals surface area (Å²) in [6.45, 7) is 4.10. The van der Waals surface area contributed by atoms with E-state index >= 15 is 0 Å². The van der Waals surface area contributed by atoms with E-state index < -0.39 is 0 Å². The first kappa shape index (κ1) is 21.6. The average molecular weight is 478 g/mol. The molecule has 8 heteroatoms. The molecule has 1 heterocycles. The van der Waals surface area contributed by atoms with E-state index in [1.165, 1.54) is 0 Å². The van der Waals surface area contributed by atoms with Gasteiger partial charge in [0.1, 0.15) is 5.75 Å². The van der Waals surface area contributed by atoms with E-state index in [1.54, 1.807) is 17.9 Å². The van der Waals surface area contributed by atoms with E-state index in [0.717, 1.165) is 35.9 Å². The van der Waals surface area contributed by atoms with Crippen molar-refractivity contribution in [2.24, 2.45) is 12.0 Å². The molecule has 6 nitrogen and oxygen atoms in total. The fraction of sp³-hybridized carbons (Fsp3) is 0.412. The van der Waals surface area contributed by atoms with Crippen LogP contribution in [-0.4, -0.2) is 41.3 Å². The summed E-state index contributed by atoms with van der Waals surface area (Å²) in [7, 11) is 5.56. The molecule has 0 saturated carbocycles. The lowest BCUT2D eigenvalue weighted by molar-refractivity contribution is 0.409. The normalized spacial score (nSPS) is 11.0. The van der Waals surface area contributed by atoms with Gasteiger partial charge in [0.2, 0.25) is 0 Å². The maximum Gasteiger partial charge on any atom is 0.194 e. The van der Waals surface area contributed by atoms with Gasteiger partial charge < -0.3 is 15.0 Å². The van der Waals surface area contributed by atoms with Crippen molar-refractivity contribution in [3.8, 4) is 5.75 Å². The van der Waals surface area contributed by atoms with Crippen LogP contribution >= 0.6 is 35.6 Å². The maximum absolute atomic E-state index is 6.01. The Bertz CT molecular complexity index is 704. The third-order valence-corrected chi connectivity index (χ3v) is 3.76. The molecule has 2 rings (SSSR count). The number of aliphatic imine (C=N–C) groups is 1. The van der Waals surface area contributed by atoms with E-state index in [9.17, 15) is 0 Å². The highest BCUT2D eigenvalue weighted by molar-refractivity contribution is 14.0. The number of guanidine groups is 1. The average Bonchev–Trinajstić information content (AvgIpc) is 2.97. The largest absolute Gasteiger partial charge is 0.496 e. The molecule has 138 valence electrons. The number of benzene rings is 1. The highest BCUT2D eigenvalue weighted by atomic mass is 127. The Kier molecular flexibility index (Phi) is 9.05. The lowest BCUT2D eigenvalue weighted by Gasteiger charge is -2.21. The van der Waals surface area contributed by atoms with Crippen molar-refractivity contribution in [2.75, 3.05) is 20.7 Å². The van der Waals surface area contributed by atoms with Crippen LogP contribution in [0, 0.1) is 0 Å². The summed E-state index contributed by atoms with van der Waals surface area (Å²) in [6, 6.07) is 5.59. The van der Waals surface area contributed by atoms with E-state index in [-0.39, 0.29) is 24.0 Å². The smallest absolute Gasteiger partial charge is 0.194 e. The van der Waals surface area contributed by atoms with Crippen LogP contribution in [0.15, 0.2) is 35.6 Å². The molecule has 0 fully saturated rings. The fourth-order valence-electron chi connectivity index (χ4n) is 2.38. The molecule has 0 spiro atoms. The first-order valence-corrected chi connectivity index (χ1v) is 8.20. The number of nitrogens with zero attached hydrogens (tertiary/aromatic N) is 4. The van der Waals surface area contributed by atoms with Gasteiger partial charge in [0.05, 0.1) is 19.9 Å². The maximum atomic E-state index is 6.01. The van der Waals surface area contributed by atoms with Gasteiger partial charge in [-0.15, -0.1) is 24.0 Å². The summed E-state index contributed by atoms with van der Waals surface area (Å²) in [5, 5.41) is 8.16. The van der Waals surface area contributed by atoms with Crippen LogP contribution in [0.1, 0.15) is 18.1 Å². The second-order valence-electron chi connectivity index (χ2n) is 5.50. The van der Waals surface area contributed by atoms with Gasteiger partial charge in [-0.1, -0.05) is 17.7 Å². The lowest BCUT2D eigenvalue weighted by atomic mass is 10.2. The minimum absolute atomic E-state index is 0. The van der Waals surface area contributed by atoms with Crippen molar-refractivity contribution in [2.45, 2.75) is 20.0 Å². The minimum atomic E-state index is 0. The van der Waals surface area contributed by atoms with Gasteiger partial charge in [-0.25, -0.2) is 4.99 Å². The van der Waals surface area contributed by atoms with Gasteiger partial charge >= 0.3 is 0 Å². The van der Waals surface area contributed by atoms with Gasteiger partial charge in [-0.2, -0.15) is 5.10 Å². The SMILES string of the molecule is CCNC(=NCc1ccc(Cl)cc1OC)N(C)Cc1cnn(C)c1.I. The van der Waals surface area contributed by atoms with Crippen LogP contribution in [0.4, 0.5) is 0 Å². The molecule has 0 aliphatic rings. The predicted octanol–water partition coefficient (Wildman–Crippen LogP) is 3.30. The topological polar surface area (TPSA) is 54.7 Å². The Morgan fingerprint density at radius 2 is 2.20 bits per heavy atom. The van der Waals surface area contributed by atoms with Gasteiger partial charge in [-0.05, 0) is 19.1 Å². The second-order valence-corrected chi connectivity index (χ2v) is 5.94. The Balaban J connectivity index is 0.00000312. The molecule has 0 bridgehead atoms. The molecular weight excluding hydrogens is 453 g/mol. The van der Waals surface area contributed by atoms with E-state index in [0.29, 0.717) is 11.6 Å². The first-order valence-electron chi connectivity index (χ1n) is 7.82.